The summed E-state index contributed by atoms with van der Waals surface area (Å²) in [6.07, 6.45) is 0. The molecule has 0 fully saturated rings. The third-order valence-electron chi connectivity index (χ3n) is 2.89. The summed E-state index contributed by atoms with van der Waals surface area (Å²) in [6, 6.07) is 10.00. The highest BCUT2D eigenvalue weighted by Gasteiger charge is 2.21. The normalized spacial score (nSPS) is 14.5. The molecule has 0 atom stereocenters. The first kappa shape index (κ1) is 11.2. The number of nitrogens with zero attached hydrogens (tertiary/aromatic N) is 1. The Morgan fingerprint density at radius 1 is 1.28 bits per heavy atom. The number of carbonyl (C=O) groups is 1. The van der Waals surface area contributed by atoms with Crippen LogP contribution >= 0.6 is 11.3 Å². The molecule has 2 heterocycles. The second-order valence-corrected chi connectivity index (χ2v) is 5.08. The van der Waals surface area contributed by atoms with E-state index < -0.39 is 0 Å². The van der Waals surface area contributed by atoms with Crippen molar-refractivity contribution < 1.29 is 4.79 Å². The average molecular weight is 256 g/mol. The monoisotopic (exact) mass is 256 g/mol. The maximum atomic E-state index is 11.6. The van der Waals surface area contributed by atoms with E-state index in [4.69, 9.17) is 0 Å². The van der Waals surface area contributed by atoms with Gasteiger partial charge < -0.3 is 5.32 Å². The van der Waals surface area contributed by atoms with Crippen LogP contribution in [-0.4, -0.2) is 18.2 Å². The molecule has 90 valence electrons. The first-order chi connectivity index (χ1) is 8.75. The molecule has 0 saturated heterocycles. The number of rotatable bonds is 1. The Balaban J connectivity index is 2.19. The molecule has 1 N–H and O–H groups in total. The van der Waals surface area contributed by atoms with Gasteiger partial charge in [-0.05, 0) is 17.9 Å². The number of benzene rings is 1. The highest BCUT2D eigenvalue weighted by molar-refractivity contribution is 7.15. The number of anilines is 1. The van der Waals surface area contributed by atoms with Gasteiger partial charge in [0.2, 0.25) is 5.91 Å². The lowest BCUT2D eigenvalue weighted by atomic mass is 10.0. The van der Waals surface area contributed by atoms with Gasteiger partial charge in [-0.1, -0.05) is 30.3 Å². The van der Waals surface area contributed by atoms with Crippen LogP contribution in [0.2, 0.25) is 0 Å². The molecule has 0 unspecified atom stereocenters. The number of amides is 1. The van der Waals surface area contributed by atoms with E-state index in [9.17, 15) is 4.79 Å². The Bertz CT molecular complexity index is 628. The maximum absolute atomic E-state index is 11.6. The van der Waals surface area contributed by atoms with Crippen LogP contribution in [0.15, 0.2) is 40.7 Å². The number of carbonyl (C=O) groups excluding carboxylic acids is 1. The first-order valence-electron chi connectivity index (χ1n) is 5.74. The highest BCUT2D eigenvalue weighted by Crippen LogP contribution is 2.31. The molecular formula is C14H12N2OS. The molecule has 1 aliphatic rings. The molecule has 0 radical (unpaired) electrons. The van der Waals surface area contributed by atoms with E-state index in [1.165, 1.54) is 0 Å². The predicted molar refractivity (Wildman–Crippen MR) is 74.6 cm³/mol. The van der Waals surface area contributed by atoms with E-state index in [1.807, 2.05) is 37.3 Å². The van der Waals surface area contributed by atoms with E-state index in [0.29, 0.717) is 0 Å². The zero-order valence-electron chi connectivity index (χ0n) is 9.93. The average Bonchev–Trinajstić information content (AvgIpc) is 2.65. The number of fused-ring (bicyclic) bond motifs is 1. The van der Waals surface area contributed by atoms with Gasteiger partial charge >= 0.3 is 0 Å². The fourth-order valence-electron chi connectivity index (χ4n) is 2.06. The van der Waals surface area contributed by atoms with Gasteiger partial charge in [-0.3, -0.25) is 9.79 Å². The molecule has 18 heavy (non-hydrogen) atoms. The van der Waals surface area contributed by atoms with E-state index in [2.05, 4.69) is 15.7 Å². The number of aryl methyl sites for hydroxylation is 1. The van der Waals surface area contributed by atoms with Gasteiger partial charge in [0.05, 0.1) is 5.71 Å². The lowest BCUT2D eigenvalue weighted by Gasteiger charge is -2.06. The molecule has 0 saturated carbocycles. The van der Waals surface area contributed by atoms with Crippen molar-refractivity contribution in [2.24, 2.45) is 4.99 Å². The third-order valence-corrected chi connectivity index (χ3v) is 3.91. The summed E-state index contributed by atoms with van der Waals surface area (Å²) in [5.41, 5.74) is 4.16. The molecule has 1 aromatic heterocycles. The largest absolute Gasteiger partial charge is 0.316 e. The molecule has 0 bridgehead atoms. The van der Waals surface area contributed by atoms with E-state index in [0.717, 1.165) is 27.4 Å². The lowest BCUT2D eigenvalue weighted by molar-refractivity contribution is -0.114. The van der Waals surface area contributed by atoms with Crippen LogP contribution in [0.4, 0.5) is 5.00 Å². The number of hydrogen-bond acceptors (Lipinski definition) is 3. The Hall–Kier alpha value is -1.94. The van der Waals surface area contributed by atoms with Crippen LogP contribution < -0.4 is 5.32 Å². The molecular weight excluding hydrogens is 244 g/mol. The molecule has 3 nitrogen and oxygen atoms in total. The summed E-state index contributed by atoms with van der Waals surface area (Å²) in [5, 5.41) is 5.86. The van der Waals surface area contributed by atoms with Crippen molar-refractivity contribution in [3.63, 3.8) is 0 Å². The molecule has 1 aromatic carbocycles. The minimum atomic E-state index is -0.0518. The van der Waals surface area contributed by atoms with Crippen molar-refractivity contribution in [2.45, 2.75) is 6.92 Å². The van der Waals surface area contributed by atoms with E-state index in [-0.39, 0.29) is 12.5 Å². The summed E-state index contributed by atoms with van der Waals surface area (Å²) in [6.45, 7) is 2.23. The minimum absolute atomic E-state index is 0.0518. The Morgan fingerprint density at radius 2 is 2.06 bits per heavy atom. The van der Waals surface area contributed by atoms with Crippen LogP contribution in [-0.2, 0) is 4.79 Å². The minimum Gasteiger partial charge on any atom is -0.316 e. The lowest BCUT2D eigenvalue weighted by Crippen LogP contribution is -2.12. The SMILES string of the molecule is Cc1csc2c1C(c1ccccc1)=NCC(=O)N2. The zero-order valence-corrected chi connectivity index (χ0v) is 10.8. The summed E-state index contributed by atoms with van der Waals surface area (Å²) >= 11 is 1.55. The summed E-state index contributed by atoms with van der Waals surface area (Å²) in [7, 11) is 0. The van der Waals surface area contributed by atoms with Gasteiger partial charge in [0, 0.05) is 11.1 Å². The summed E-state index contributed by atoms with van der Waals surface area (Å²) < 4.78 is 0. The van der Waals surface area contributed by atoms with Gasteiger partial charge in [-0.25, -0.2) is 0 Å². The van der Waals surface area contributed by atoms with Crippen LogP contribution in [0.1, 0.15) is 16.7 Å². The zero-order chi connectivity index (χ0) is 12.5. The van der Waals surface area contributed by atoms with Crippen LogP contribution in [0, 0.1) is 6.92 Å². The predicted octanol–water partition coefficient (Wildman–Crippen LogP) is 2.85. The molecule has 1 aliphatic heterocycles. The third kappa shape index (κ3) is 1.84. The first-order valence-corrected chi connectivity index (χ1v) is 6.62. The second kappa shape index (κ2) is 4.38. The topological polar surface area (TPSA) is 41.5 Å². The fourth-order valence-corrected chi connectivity index (χ4v) is 3.02. The number of nitrogens with one attached hydrogen (secondary N) is 1. The van der Waals surface area contributed by atoms with Crippen LogP contribution in [0.3, 0.4) is 0 Å². The van der Waals surface area contributed by atoms with Crippen molar-refractivity contribution in [1.29, 1.82) is 0 Å². The van der Waals surface area contributed by atoms with E-state index in [1.54, 1.807) is 11.3 Å². The van der Waals surface area contributed by atoms with Crippen molar-refractivity contribution in [3.05, 3.63) is 52.4 Å². The van der Waals surface area contributed by atoms with Crippen molar-refractivity contribution in [3.8, 4) is 0 Å². The number of thiophene rings is 1. The van der Waals surface area contributed by atoms with Gasteiger partial charge in [-0.15, -0.1) is 11.3 Å². The quantitative estimate of drug-likeness (QED) is 0.837. The van der Waals surface area contributed by atoms with Crippen LogP contribution in [0.25, 0.3) is 0 Å². The molecule has 0 aliphatic carbocycles. The Labute approximate surface area is 109 Å². The van der Waals surface area contributed by atoms with Gasteiger partial charge in [0.25, 0.3) is 0 Å². The molecule has 3 rings (SSSR count). The smallest absolute Gasteiger partial charge is 0.246 e. The van der Waals surface area contributed by atoms with Gasteiger partial charge in [-0.2, -0.15) is 0 Å². The van der Waals surface area contributed by atoms with Crippen molar-refractivity contribution >= 4 is 28.0 Å². The Kier molecular flexibility index (Phi) is 2.72. The van der Waals surface area contributed by atoms with Crippen LogP contribution in [0.5, 0.6) is 0 Å². The van der Waals surface area contributed by atoms with E-state index >= 15 is 0 Å². The molecule has 0 spiro atoms. The fraction of sp³-hybridized carbons (Fsp3) is 0.143. The standard InChI is InChI=1S/C14H12N2OS/c1-9-8-18-14-12(9)13(15-7-11(17)16-14)10-5-3-2-4-6-10/h2-6,8H,7H2,1H3,(H,16,17). The van der Waals surface area contributed by atoms with Gasteiger partial charge in [0.1, 0.15) is 11.5 Å². The number of hydrogen-bond donors (Lipinski definition) is 1. The molecule has 1 amide bonds. The van der Waals surface area contributed by atoms with Crippen molar-refractivity contribution in [1.82, 2.24) is 0 Å². The summed E-state index contributed by atoms with van der Waals surface area (Å²) in [4.78, 5) is 16.1. The summed E-state index contributed by atoms with van der Waals surface area (Å²) in [5.74, 6) is -0.0518. The highest BCUT2D eigenvalue weighted by atomic mass is 32.1. The van der Waals surface area contributed by atoms with Gasteiger partial charge in [0.15, 0.2) is 0 Å². The maximum Gasteiger partial charge on any atom is 0.246 e. The molecule has 4 heteroatoms. The second-order valence-electron chi connectivity index (χ2n) is 4.20. The Morgan fingerprint density at radius 3 is 2.83 bits per heavy atom. The number of aliphatic imine (C=N–C) groups is 1. The van der Waals surface area contributed by atoms with Crippen molar-refractivity contribution in [2.75, 3.05) is 11.9 Å². The molecule has 2 aromatic rings.